The van der Waals surface area contributed by atoms with Gasteiger partial charge in [0.25, 0.3) is 5.91 Å². The van der Waals surface area contributed by atoms with Crippen LogP contribution in [0.5, 0.6) is 11.5 Å². The maximum absolute atomic E-state index is 12.4. The molecule has 0 fully saturated rings. The van der Waals surface area contributed by atoms with Gasteiger partial charge < -0.3 is 20.1 Å². The quantitative estimate of drug-likeness (QED) is 0.638. The number of likely N-dealkylation sites (N-methyl/N-ethyl adjacent to an activating group) is 1. The molecule has 160 valence electrons. The second-order valence-electron chi connectivity index (χ2n) is 6.81. The van der Waals surface area contributed by atoms with Crippen molar-refractivity contribution in [3.8, 4) is 11.5 Å². The van der Waals surface area contributed by atoms with Gasteiger partial charge in [0.1, 0.15) is 0 Å². The van der Waals surface area contributed by atoms with Gasteiger partial charge in [0.2, 0.25) is 12.7 Å². The first kappa shape index (κ1) is 21.9. The third kappa shape index (κ3) is 5.23. The lowest BCUT2D eigenvalue weighted by atomic mass is 10.0. The van der Waals surface area contributed by atoms with Crippen LogP contribution in [0.3, 0.4) is 0 Å². The van der Waals surface area contributed by atoms with Gasteiger partial charge in [0, 0.05) is 17.1 Å². The summed E-state index contributed by atoms with van der Waals surface area (Å²) in [5, 5.41) is 6.21. The highest BCUT2D eigenvalue weighted by Crippen LogP contribution is 2.32. The van der Waals surface area contributed by atoms with Crippen molar-refractivity contribution in [2.24, 2.45) is 0 Å². The first-order chi connectivity index (χ1) is 14.5. The number of carbonyl (C=O) groups is 2. The Morgan fingerprint density at radius 2 is 1.80 bits per heavy atom. The van der Waals surface area contributed by atoms with E-state index < -0.39 is 0 Å². The molecule has 1 aliphatic heterocycles. The molecule has 0 aliphatic carbocycles. The van der Waals surface area contributed by atoms with Crippen LogP contribution in [-0.4, -0.2) is 49.7 Å². The number of rotatable bonds is 9. The van der Waals surface area contributed by atoms with E-state index in [0.717, 1.165) is 18.7 Å². The summed E-state index contributed by atoms with van der Waals surface area (Å²) in [6, 6.07) is 12.5. The van der Waals surface area contributed by atoms with E-state index >= 15 is 0 Å². The predicted molar refractivity (Wildman–Crippen MR) is 115 cm³/mol. The summed E-state index contributed by atoms with van der Waals surface area (Å²) in [5.41, 5.74) is 1.37. The van der Waals surface area contributed by atoms with Crippen molar-refractivity contribution >= 4 is 23.4 Å². The number of carbonyl (C=O) groups excluding carboxylic acids is 2. The summed E-state index contributed by atoms with van der Waals surface area (Å²) in [5.74, 6) is 0.503. The molecule has 0 saturated carbocycles. The zero-order chi connectivity index (χ0) is 21.5. The number of nitrogens with zero attached hydrogens (tertiary/aromatic N) is 1. The maximum Gasteiger partial charge on any atom is 0.251 e. The number of amides is 2. The van der Waals surface area contributed by atoms with Gasteiger partial charge in [-0.3, -0.25) is 14.5 Å². The van der Waals surface area contributed by atoms with Crippen LogP contribution in [-0.2, 0) is 4.79 Å². The molecule has 1 aliphatic rings. The fraction of sp³-hybridized carbons (Fsp3) is 0.364. The van der Waals surface area contributed by atoms with Crippen LogP contribution in [0.4, 0.5) is 0 Å². The van der Waals surface area contributed by atoms with Crippen molar-refractivity contribution in [1.82, 2.24) is 15.5 Å². The van der Waals surface area contributed by atoms with Gasteiger partial charge in [-0.25, -0.2) is 0 Å². The largest absolute Gasteiger partial charge is 0.454 e. The van der Waals surface area contributed by atoms with Crippen molar-refractivity contribution in [2.45, 2.75) is 19.9 Å². The summed E-state index contributed by atoms with van der Waals surface area (Å²) in [4.78, 5) is 26.9. The lowest BCUT2D eigenvalue weighted by Crippen LogP contribution is -2.42. The Morgan fingerprint density at radius 3 is 2.53 bits per heavy atom. The smallest absolute Gasteiger partial charge is 0.251 e. The van der Waals surface area contributed by atoms with Gasteiger partial charge in [-0.1, -0.05) is 43.6 Å². The molecule has 7 nitrogen and oxygen atoms in total. The molecule has 8 heteroatoms. The summed E-state index contributed by atoms with van der Waals surface area (Å²) in [6.07, 6.45) is 0. The molecule has 0 spiro atoms. The van der Waals surface area contributed by atoms with Crippen LogP contribution in [0, 0.1) is 0 Å². The fourth-order valence-corrected chi connectivity index (χ4v) is 3.68. The predicted octanol–water partition coefficient (Wildman–Crippen LogP) is 3.00. The highest BCUT2D eigenvalue weighted by molar-refractivity contribution is 6.31. The monoisotopic (exact) mass is 431 g/mol. The number of ether oxygens (including phenoxy) is 2. The fourth-order valence-electron chi connectivity index (χ4n) is 3.42. The topological polar surface area (TPSA) is 79.9 Å². The van der Waals surface area contributed by atoms with E-state index in [1.807, 2.05) is 24.3 Å². The number of hydrogen-bond acceptors (Lipinski definition) is 5. The minimum absolute atomic E-state index is 0.0535. The Bertz CT molecular complexity index is 902. The molecule has 0 saturated heterocycles. The SMILES string of the molecule is CCN(CC)C(CNC(=O)CNC(=O)c1ccc2c(c1)OCO2)c1ccccc1Cl. The van der Waals surface area contributed by atoms with E-state index in [1.54, 1.807) is 18.2 Å². The van der Waals surface area contributed by atoms with E-state index in [2.05, 4.69) is 29.4 Å². The third-order valence-electron chi connectivity index (χ3n) is 5.05. The molecule has 2 N–H and O–H groups in total. The van der Waals surface area contributed by atoms with Crippen molar-refractivity contribution in [1.29, 1.82) is 0 Å². The lowest BCUT2D eigenvalue weighted by Gasteiger charge is -2.31. The van der Waals surface area contributed by atoms with Gasteiger partial charge in [-0.05, 0) is 42.9 Å². The standard InChI is InChI=1S/C22H26ClN3O4/c1-3-26(4-2)18(16-7-5-6-8-17(16)23)12-24-21(27)13-25-22(28)15-9-10-19-20(11-15)30-14-29-19/h5-11,18H,3-4,12-14H2,1-2H3,(H,24,27)(H,25,28). The molecule has 2 amide bonds. The average molecular weight is 432 g/mol. The van der Waals surface area contributed by atoms with E-state index in [1.165, 1.54) is 0 Å². The second kappa shape index (κ2) is 10.3. The number of fused-ring (bicyclic) bond motifs is 1. The first-order valence-electron chi connectivity index (χ1n) is 9.96. The minimum Gasteiger partial charge on any atom is -0.454 e. The molecule has 2 aromatic rings. The lowest BCUT2D eigenvalue weighted by molar-refractivity contribution is -0.120. The van der Waals surface area contributed by atoms with Crippen LogP contribution in [0.1, 0.15) is 35.8 Å². The third-order valence-corrected chi connectivity index (χ3v) is 5.40. The normalized spacial score (nSPS) is 13.2. The van der Waals surface area contributed by atoms with Crippen LogP contribution in [0.25, 0.3) is 0 Å². The summed E-state index contributed by atoms with van der Waals surface area (Å²) >= 11 is 6.39. The molecule has 3 rings (SSSR count). The second-order valence-corrected chi connectivity index (χ2v) is 7.22. The van der Waals surface area contributed by atoms with E-state index in [-0.39, 0.29) is 31.2 Å². The van der Waals surface area contributed by atoms with Crippen LogP contribution >= 0.6 is 11.6 Å². The van der Waals surface area contributed by atoms with Crippen molar-refractivity contribution in [2.75, 3.05) is 33.0 Å². The van der Waals surface area contributed by atoms with Gasteiger partial charge >= 0.3 is 0 Å². The van der Waals surface area contributed by atoms with Crippen LogP contribution in [0.2, 0.25) is 5.02 Å². The van der Waals surface area contributed by atoms with Crippen molar-refractivity contribution in [3.05, 3.63) is 58.6 Å². The Balaban J connectivity index is 1.56. The Hall–Kier alpha value is -2.77. The zero-order valence-electron chi connectivity index (χ0n) is 17.1. The Morgan fingerprint density at radius 1 is 1.07 bits per heavy atom. The molecule has 2 aromatic carbocycles. The highest BCUT2D eigenvalue weighted by atomic mass is 35.5. The van der Waals surface area contributed by atoms with Gasteiger partial charge in [0.05, 0.1) is 12.6 Å². The summed E-state index contributed by atoms with van der Waals surface area (Å²) in [7, 11) is 0. The van der Waals surface area contributed by atoms with Crippen LogP contribution in [0.15, 0.2) is 42.5 Å². The number of halogens is 1. The van der Waals surface area contributed by atoms with E-state index in [4.69, 9.17) is 21.1 Å². The first-order valence-corrected chi connectivity index (χ1v) is 10.3. The molecular formula is C22H26ClN3O4. The number of benzene rings is 2. The molecule has 1 unspecified atom stereocenters. The molecule has 0 bridgehead atoms. The van der Waals surface area contributed by atoms with Crippen LogP contribution < -0.4 is 20.1 Å². The van der Waals surface area contributed by atoms with Crippen molar-refractivity contribution in [3.63, 3.8) is 0 Å². The zero-order valence-corrected chi connectivity index (χ0v) is 17.9. The molecule has 0 radical (unpaired) electrons. The van der Waals surface area contributed by atoms with E-state index in [9.17, 15) is 9.59 Å². The van der Waals surface area contributed by atoms with Gasteiger partial charge in [0.15, 0.2) is 11.5 Å². The molecule has 0 aromatic heterocycles. The molecule has 1 heterocycles. The molecular weight excluding hydrogens is 406 g/mol. The summed E-state index contributed by atoms with van der Waals surface area (Å²) in [6.45, 7) is 6.20. The number of hydrogen-bond donors (Lipinski definition) is 2. The molecule has 30 heavy (non-hydrogen) atoms. The number of nitrogens with one attached hydrogen (secondary N) is 2. The highest BCUT2D eigenvalue weighted by Gasteiger charge is 2.21. The maximum atomic E-state index is 12.4. The van der Waals surface area contributed by atoms with Crippen molar-refractivity contribution < 1.29 is 19.1 Å². The Kier molecular flexibility index (Phi) is 7.54. The van der Waals surface area contributed by atoms with Gasteiger partial charge in [-0.15, -0.1) is 0 Å². The Labute approximate surface area is 181 Å². The van der Waals surface area contributed by atoms with Gasteiger partial charge in [-0.2, -0.15) is 0 Å². The van der Waals surface area contributed by atoms with E-state index in [0.29, 0.717) is 28.6 Å². The molecule has 1 atom stereocenters. The minimum atomic E-state index is -0.352. The summed E-state index contributed by atoms with van der Waals surface area (Å²) < 4.78 is 10.5. The average Bonchev–Trinajstić information content (AvgIpc) is 3.23.